The minimum Gasteiger partial charge on any atom is -0.340 e. The number of hydrogen-bond acceptors (Lipinski definition) is 2. The quantitative estimate of drug-likeness (QED) is 0.911. The third kappa shape index (κ3) is 2.51. The van der Waals surface area contributed by atoms with Crippen LogP contribution in [-0.4, -0.2) is 9.55 Å². The first kappa shape index (κ1) is 14.3. The van der Waals surface area contributed by atoms with E-state index in [2.05, 4.69) is 55.4 Å². The number of aryl methyl sites for hydroxylation is 1. The Morgan fingerprint density at radius 2 is 2.14 bits per heavy atom. The third-order valence-electron chi connectivity index (χ3n) is 4.69. The minimum absolute atomic E-state index is 0.152. The Balaban J connectivity index is 2.08. The molecule has 0 saturated heterocycles. The number of pyridine rings is 1. The van der Waals surface area contributed by atoms with Crippen molar-refractivity contribution in [2.45, 2.75) is 52.6 Å². The zero-order valence-electron chi connectivity index (χ0n) is 13.4. The van der Waals surface area contributed by atoms with Gasteiger partial charge in [-0.05, 0) is 55.9 Å². The average Bonchev–Trinajstić information content (AvgIpc) is 2.74. The molecule has 3 heteroatoms. The van der Waals surface area contributed by atoms with Gasteiger partial charge in [-0.15, -0.1) is 0 Å². The molecule has 2 heterocycles. The summed E-state index contributed by atoms with van der Waals surface area (Å²) < 4.78 is 2.43. The zero-order valence-corrected chi connectivity index (χ0v) is 13.4. The molecule has 1 aliphatic rings. The van der Waals surface area contributed by atoms with Crippen LogP contribution in [-0.2, 0) is 6.42 Å². The van der Waals surface area contributed by atoms with E-state index in [1.165, 1.54) is 17.0 Å². The van der Waals surface area contributed by atoms with Gasteiger partial charge in [-0.3, -0.25) is 4.98 Å². The average molecular weight is 283 g/mol. The summed E-state index contributed by atoms with van der Waals surface area (Å²) >= 11 is 0. The molecule has 0 amide bonds. The topological polar surface area (TPSA) is 43.8 Å². The normalized spacial score (nSPS) is 21.9. The maximum Gasteiger partial charge on any atom is 0.0728 e. The van der Waals surface area contributed by atoms with E-state index in [-0.39, 0.29) is 17.5 Å². The molecule has 2 N–H and O–H groups in total. The number of nitrogens with two attached hydrogens (primary N) is 1. The lowest BCUT2D eigenvalue weighted by molar-refractivity contribution is 0.273. The van der Waals surface area contributed by atoms with Gasteiger partial charge in [0, 0.05) is 23.6 Å². The molecule has 1 aliphatic carbocycles. The van der Waals surface area contributed by atoms with Crippen molar-refractivity contribution in [3.63, 3.8) is 0 Å². The Kier molecular flexibility index (Phi) is 3.40. The van der Waals surface area contributed by atoms with Crippen LogP contribution in [0.5, 0.6) is 0 Å². The molecule has 0 fully saturated rings. The van der Waals surface area contributed by atoms with Crippen LogP contribution in [0.25, 0.3) is 0 Å². The Morgan fingerprint density at radius 3 is 2.81 bits per heavy atom. The Bertz CT molecular complexity index is 640. The van der Waals surface area contributed by atoms with Crippen LogP contribution in [0, 0.1) is 12.3 Å². The van der Waals surface area contributed by atoms with E-state index < -0.39 is 0 Å². The summed E-state index contributed by atoms with van der Waals surface area (Å²) in [5.41, 5.74) is 11.8. The smallest absolute Gasteiger partial charge is 0.0728 e. The highest BCUT2D eigenvalue weighted by Gasteiger charge is 2.34. The molecule has 0 radical (unpaired) electrons. The summed E-state index contributed by atoms with van der Waals surface area (Å²) in [7, 11) is 0. The standard InChI is InChI=1S/C18H25N3/c1-12-9-14-15(19)10-18(3,4)11-17(14)21(12)13(2)16-7-5-6-8-20-16/h5-9,13,15H,10-11,19H2,1-4H3. The second-order valence-electron chi connectivity index (χ2n) is 7.14. The molecule has 0 bridgehead atoms. The van der Waals surface area contributed by atoms with Crippen molar-refractivity contribution in [3.8, 4) is 0 Å². The number of aromatic nitrogens is 2. The summed E-state index contributed by atoms with van der Waals surface area (Å²) in [6.45, 7) is 9.03. The van der Waals surface area contributed by atoms with Crippen molar-refractivity contribution < 1.29 is 0 Å². The highest BCUT2D eigenvalue weighted by Crippen LogP contribution is 2.42. The van der Waals surface area contributed by atoms with Gasteiger partial charge in [-0.1, -0.05) is 19.9 Å². The largest absolute Gasteiger partial charge is 0.340 e. The molecule has 0 aromatic carbocycles. The molecule has 0 saturated carbocycles. The maximum absolute atomic E-state index is 6.41. The number of fused-ring (bicyclic) bond motifs is 1. The van der Waals surface area contributed by atoms with Gasteiger partial charge in [0.2, 0.25) is 0 Å². The molecular formula is C18H25N3. The van der Waals surface area contributed by atoms with Crippen LogP contribution in [0.15, 0.2) is 30.5 Å². The van der Waals surface area contributed by atoms with Crippen LogP contribution in [0.3, 0.4) is 0 Å². The van der Waals surface area contributed by atoms with Crippen LogP contribution in [0.1, 0.15) is 61.9 Å². The molecule has 0 aliphatic heterocycles. The van der Waals surface area contributed by atoms with Gasteiger partial charge in [0.15, 0.2) is 0 Å². The number of nitrogens with zero attached hydrogens (tertiary/aromatic N) is 2. The van der Waals surface area contributed by atoms with Gasteiger partial charge in [-0.2, -0.15) is 0 Å². The maximum atomic E-state index is 6.41. The van der Waals surface area contributed by atoms with Gasteiger partial charge in [0.05, 0.1) is 11.7 Å². The number of hydrogen-bond donors (Lipinski definition) is 1. The Labute approximate surface area is 127 Å². The van der Waals surface area contributed by atoms with E-state index in [1.54, 1.807) is 0 Å². The highest BCUT2D eigenvalue weighted by molar-refractivity contribution is 5.35. The second-order valence-corrected chi connectivity index (χ2v) is 7.14. The van der Waals surface area contributed by atoms with Crippen molar-refractivity contribution in [1.29, 1.82) is 0 Å². The first-order chi connectivity index (χ1) is 9.89. The van der Waals surface area contributed by atoms with E-state index in [9.17, 15) is 0 Å². The lowest BCUT2D eigenvalue weighted by Gasteiger charge is -2.35. The van der Waals surface area contributed by atoms with Crippen LogP contribution in [0.2, 0.25) is 0 Å². The lowest BCUT2D eigenvalue weighted by atomic mass is 9.74. The van der Waals surface area contributed by atoms with Gasteiger partial charge in [-0.25, -0.2) is 0 Å². The van der Waals surface area contributed by atoms with Crippen molar-refractivity contribution in [2.75, 3.05) is 0 Å². The molecular weight excluding hydrogens is 258 g/mol. The van der Waals surface area contributed by atoms with E-state index in [0.717, 1.165) is 18.5 Å². The van der Waals surface area contributed by atoms with E-state index in [0.29, 0.717) is 0 Å². The van der Waals surface area contributed by atoms with E-state index in [4.69, 9.17) is 5.73 Å². The molecule has 2 atom stereocenters. The predicted molar refractivity (Wildman–Crippen MR) is 86.2 cm³/mol. The van der Waals surface area contributed by atoms with Crippen LogP contribution < -0.4 is 5.73 Å². The molecule has 21 heavy (non-hydrogen) atoms. The van der Waals surface area contributed by atoms with Gasteiger partial charge in [0.25, 0.3) is 0 Å². The van der Waals surface area contributed by atoms with Crippen molar-refractivity contribution in [1.82, 2.24) is 9.55 Å². The second kappa shape index (κ2) is 4.99. The fourth-order valence-corrected chi connectivity index (χ4v) is 3.76. The summed E-state index contributed by atoms with van der Waals surface area (Å²) in [4.78, 5) is 4.53. The van der Waals surface area contributed by atoms with Gasteiger partial charge >= 0.3 is 0 Å². The van der Waals surface area contributed by atoms with Crippen LogP contribution >= 0.6 is 0 Å². The SMILES string of the molecule is Cc1cc2c(n1C(C)c1ccccn1)CC(C)(C)CC2N. The van der Waals surface area contributed by atoms with E-state index >= 15 is 0 Å². The van der Waals surface area contributed by atoms with Crippen molar-refractivity contribution >= 4 is 0 Å². The summed E-state index contributed by atoms with van der Waals surface area (Å²) in [6, 6.07) is 8.79. The monoisotopic (exact) mass is 283 g/mol. The van der Waals surface area contributed by atoms with Crippen molar-refractivity contribution in [3.05, 3.63) is 53.1 Å². The molecule has 2 aromatic heterocycles. The molecule has 2 aromatic rings. The first-order valence-corrected chi connectivity index (χ1v) is 7.76. The molecule has 112 valence electrons. The zero-order chi connectivity index (χ0) is 15.2. The number of rotatable bonds is 2. The summed E-state index contributed by atoms with van der Waals surface area (Å²) in [5.74, 6) is 0. The predicted octanol–water partition coefficient (Wildman–Crippen LogP) is 3.77. The van der Waals surface area contributed by atoms with Crippen molar-refractivity contribution in [2.24, 2.45) is 11.1 Å². The summed E-state index contributed by atoms with van der Waals surface area (Å²) in [5, 5.41) is 0. The molecule has 2 unspecified atom stereocenters. The fourth-order valence-electron chi connectivity index (χ4n) is 3.76. The fraction of sp³-hybridized carbons (Fsp3) is 0.500. The molecule has 0 spiro atoms. The third-order valence-corrected chi connectivity index (χ3v) is 4.69. The summed E-state index contributed by atoms with van der Waals surface area (Å²) in [6.07, 6.45) is 4.01. The van der Waals surface area contributed by atoms with Gasteiger partial charge < -0.3 is 10.3 Å². The van der Waals surface area contributed by atoms with E-state index in [1.807, 2.05) is 12.3 Å². The highest BCUT2D eigenvalue weighted by atomic mass is 15.1. The Hall–Kier alpha value is -1.61. The molecule has 3 rings (SSSR count). The first-order valence-electron chi connectivity index (χ1n) is 7.76. The lowest BCUT2D eigenvalue weighted by Crippen LogP contribution is -2.31. The van der Waals surface area contributed by atoms with Crippen LogP contribution in [0.4, 0.5) is 0 Å². The Morgan fingerprint density at radius 1 is 1.38 bits per heavy atom. The molecule has 3 nitrogen and oxygen atoms in total. The minimum atomic E-state index is 0.152. The van der Waals surface area contributed by atoms with Gasteiger partial charge in [0.1, 0.15) is 0 Å².